The van der Waals surface area contributed by atoms with Crippen molar-refractivity contribution in [3.63, 3.8) is 0 Å². The minimum atomic E-state index is -0.959. The Hall–Kier alpha value is -1.85. The first-order valence-corrected chi connectivity index (χ1v) is 10.8. The maximum atomic E-state index is 11.2. The largest absolute Gasteiger partial charge is 0.464 e. The average molecular weight is 385 g/mol. The molecular formula is C23H32N2O3. The van der Waals surface area contributed by atoms with E-state index in [0.29, 0.717) is 11.8 Å². The van der Waals surface area contributed by atoms with Gasteiger partial charge in [-0.3, -0.25) is 4.79 Å². The standard InChI is InChI=1S/C23H32N2O3/c24-23(27)22(26)18-7-5-16(6-8-18)9-12-25-13-10-17(11-14-25)20-15-28-21-4-2-1-3-19(20)21/h1-4,15-18,22,26H,5-14H2,(H2,24,27). The summed E-state index contributed by atoms with van der Waals surface area (Å²) < 4.78 is 5.74. The van der Waals surface area contributed by atoms with Gasteiger partial charge in [-0.15, -0.1) is 0 Å². The number of nitrogens with zero attached hydrogens (tertiary/aromatic N) is 1. The number of aliphatic hydroxyl groups is 1. The molecule has 1 aliphatic heterocycles. The van der Waals surface area contributed by atoms with E-state index in [2.05, 4.69) is 17.0 Å². The van der Waals surface area contributed by atoms with Crippen LogP contribution in [0.2, 0.25) is 0 Å². The fourth-order valence-corrected chi connectivity index (χ4v) is 5.17. The zero-order chi connectivity index (χ0) is 19.5. The monoisotopic (exact) mass is 384 g/mol. The molecule has 1 unspecified atom stereocenters. The van der Waals surface area contributed by atoms with Crippen LogP contribution in [0, 0.1) is 11.8 Å². The maximum absolute atomic E-state index is 11.2. The summed E-state index contributed by atoms with van der Waals surface area (Å²) in [6.07, 6.45) is 8.66. The normalized spacial score (nSPS) is 25.8. The van der Waals surface area contributed by atoms with E-state index in [1.807, 2.05) is 18.4 Å². The summed E-state index contributed by atoms with van der Waals surface area (Å²) in [5, 5.41) is 11.1. The van der Waals surface area contributed by atoms with Gasteiger partial charge in [0.15, 0.2) is 0 Å². The molecule has 1 saturated heterocycles. The van der Waals surface area contributed by atoms with Crippen LogP contribution < -0.4 is 5.73 Å². The molecule has 5 nitrogen and oxygen atoms in total. The van der Waals surface area contributed by atoms with Crippen LogP contribution in [0.15, 0.2) is 34.9 Å². The van der Waals surface area contributed by atoms with Crippen LogP contribution in [0.4, 0.5) is 0 Å². The third-order valence-electron chi connectivity index (χ3n) is 7.02. The SMILES string of the molecule is NC(=O)C(O)C1CCC(CCN2CCC(c3coc4ccccc34)CC2)CC1. The van der Waals surface area contributed by atoms with Gasteiger partial charge in [0.25, 0.3) is 0 Å². The first-order chi connectivity index (χ1) is 13.6. The summed E-state index contributed by atoms with van der Waals surface area (Å²) in [6, 6.07) is 8.34. The Bertz CT molecular complexity index is 786. The lowest BCUT2D eigenvalue weighted by Gasteiger charge is -2.34. The molecule has 1 amide bonds. The van der Waals surface area contributed by atoms with Gasteiger partial charge in [-0.25, -0.2) is 0 Å². The third-order valence-corrected chi connectivity index (χ3v) is 7.02. The maximum Gasteiger partial charge on any atom is 0.246 e. The van der Waals surface area contributed by atoms with Crippen molar-refractivity contribution < 1.29 is 14.3 Å². The first kappa shape index (κ1) is 19.5. The van der Waals surface area contributed by atoms with Crippen LogP contribution in [-0.4, -0.2) is 41.7 Å². The van der Waals surface area contributed by atoms with Crippen molar-refractivity contribution in [2.24, 2.45) is 17.6 Å². The Labute approximate surface area is 166 Å². The number of primary amides is 1. The molecule has 1 aromatic carbocycles. The zero-order valence-electron chi connectivity index (χ0n) is 16.6. The van der Waals surface area contributed by atoms with Gasteiger partial charge >= 0.3 is 0 Å². The number of furan rings is 1. The number of hydrogen-bond donors (Lipinski definition) is 2. The van der Waals surface area contributed by atoms with Gasteiger partial charge in [0.2, 0.25) is 5.91 Å². The van der Waals surface area contributed by atoms with Crippen molar-refractivity contribution in [3.8, 4) is 0 Å². The second-order valence-electron chi connectivity index (χ2n) is 8.72. The van der Waals surface area contributed by atoms with E-state index in [0.717, 1.165) is 50.9 Å². The summed E-state index contributed by atoms with van der Waals surface area (Å²) in [6.45, 7) is 3.46. The lowest BCUT2D eigenvalue weighted by atomic mass is 9.78. The van der Waals surface area contributed by atoms with Crippen molar-refractivity contribution in [2.75, 3.05) is 19.6 Å². The van der Waals surface area contributed by atoms with Crippen molar-refractivity contribution in [1.82, 2.24) is 4.90 Å². The van der Waals surface area contributed by atoms with Gasteiger partial charge < -0.3 is 20.2 Å². The van der Waals surface area contributed by atoms with Crippen molar-refractivity contribution in [1.29, 1.82) is 0 Å². The van der Waals surface area contributed by atoms with Crippen molar-refractivity contribution in [3.05, 3.63) is 36.1 Å². The minimum Gasteiger partial charge on any atom is -0.464 e. The Balaban J connectivity index is 1.21. The van der Waals surface area contributed by atoms with Crippen molar-refractivity contribution >= 4 is 16.9 Å². The summed E-state index contributed by atoms with van der Waals surface area (Å²) in [5.41, 5.74) is 7.61. The van der Waals surface area contributed by atoms with Crippen molar-refractivity contribution in [2.45, 2.75) is 57.0 Å². The van der Waals surface area contributed by atoms with Crippen LogP contribution in [0.25, 0.3) is 11.0 Å². The van der Waals surface area contributed by atoms with Crippen LogP contribution in [0.1, 0.15) is 56.4 Å². The van der Waals surface area contributed by atoms with E-state index < -0.39 is 12.0 Å². The highest BCUT2D eigenvalue weighted by Crippen LogP contribution is 2.36. The zero-order valence-corrected chi connectivity index (χ0v) is 16.6. The van der Waals surface area contributed by atoms with Gasteiger partial charge in [0.05, 0.1) is 6.26 Å². The highest BCUT2D eigenvalue weighted by Gasteiger charge is 2.30. The van der Waals surface area contributed by atoms with Crippen LogP contribution in [-0.2, 0) is 4.79 Å². The Morgan fingerprint density at radius 2 is 1.86 bits per heavy atom. The number of benzene rings is 1. The van der Waals surface area contributed by atoms with Crippen LogP contribution in [0.5, 0.6) is 0 Å². The fraction of sp³-hybridized carbons (Fsp3) is 0.609. The van der Waals surface area contributed by atoms with Crippen LogP contribution in [0.3, 0.4) is 0 Å². The molecular weight excluding hydrogens is 352 g/mol. The lowest BCUT2D eigenvalue weighted by Crippen LogP contribution is -2.38. The number of carbonyl (C=O) groups is 1. The summed E-state index contributed by atoms with van der Waals surface area (Å²) >= 11 is 0. The number of hydrogen-bond acceptors (Lipinski definition) is 4. The molecule has 0 spiro atoms. The molecule has 2 aromatic rings. The number of carbonyl (C=O) groups excluding carboxylic acids is 1. The van der Waals surface area contributed by atoms with E-state index in [4.69, 9.17) is 10.2 Å². The van der Waals surface area contributed by atoms with Crippen LogP contribution >= 0.6 is 0 Å². The number of likely N-dealkylation sites (tertiary alicyclic amines) is 1. The highest BCUT2D eigenvalue weighted by atomic mass is 16.3. The number of rotatable bonds is 6. The number of para-hydroxylation sites is 1. The highest BCUT2D eigenvalue weighted by molar-refractivity contribution is 5.81. The summed E-state index contributed by atoms with van der Waals surface area (Å²) in [4.78, 5) is 13.8. The predicted octanol–water partition coefficient (Wildman–Crippen LogP) is 3.65. The van der Waals surface area contributed by atoms with E-state index in [1.54, 1.807) is 0 Å². The molecule has 28 heavy (non-hydrogen) atoms. The molecule has 1 saturated carbocycles. The summed E-state index contributed by atoms with van der Waals surface area (Å²) in [5.74, 6) is 0.809. The van der Waals surface area contributed by atoms with E-state index in [9.17, 15) is 9.90 Å². The molecule has 1 atom stereocenters. The van der Waals surface area contributed by atoms with E-state index in [1.165, 1.54) is 30.2 Å². The molecule has 3 N–H and O–H groups in total. The number of piperidine rings is 1. The molecule has 0 radical (unpaired) electrons. The second kappa shape index (κ2) is 8.66. The van der Waals surface area contributed by atoms with Gasteiger partial charge in [0, 0.05) is 10.9 Å². The molecule has 1 aliphatic carbocycles. The Kier molecular flexibility index (Phi) is 6.02. The number of fused-ring (bicyclic) bond motifs is 1. The fourth-order valence-electron chi connectivity index (χ4n) is 5.17. The molecule has 5 heteroatoms. The average Bonchev–Trinajstić information content (AvgIpc) is 3.16. The second-order valence-corrected chi connectivity index (χ2v) is 8.72. The molecule has 1 aromatic heterocycles. The molecule has 2 fully saturated rings. The quantitative estimate of drug-likeness (QED) is 0.797. The summed E-state index contributed by atoms with van der Waals surface area (Å²) in [7, 11) is 0. The number of nitrogens with two attached hydrogens (primary N) is 1. The molecule has 0 bridgehead atoms. The smallest absolute Gasteiger partial charge is 0.246 e. The Morgan fingerprint density at radius 1 is 1.14 bits per heavy atom. The Morgan fingerprint density at radius 3 is 2.57 bits per heavy atom. The van der Waals surface area contributed by atoms with E-state index >= 15 is 0 Å². The number of amides is 1. The predicted molar refractivity (Wildman–Crippen MR) is 110 cm³/mol. The van der Waals surface area contributed by atoms with Gasteiger partial charge in [-0.2, -0.15) is 0 Å². The molecule has 4 rings (SSSR count). The lowest BCUT2D eigenvalue weighted by molar-refractivity contribution is -0.129. The van der Waals surface area contributed by atoms with E-state index in [-0.39, 0.29) is 5.92 Å². The first-order valence-electron chi connectivity index (χ1n) is 10.8. The molecule has 2 aliphatic rings. The van der Waals surface area contributed by atoms with Gasteiger partial charge in [0.1, 0.15) is 11.7 Å². The molecule has 152 valence electrons. The minimum absolute atomic E-state index is 0.0641. The van der Waals surface area contributed by atoms with Gasteiger partial charge in [-0.05, 0) is 75.6 Å². The van der Waals surface area contributed by atoms with Gasteiger partial charge in [-0.1, -0.05) is 31.0 Å². The third kappa shape index (κ3) is 4.26. The number of aliphatic hydroxyl groups excluding tert-OH is 1. The molecule has 2 heterocycles. The topological polar surface area (TPSA) is 79.7 Å².